The van der Waals surface area contributed by atoms with E-state index in [1.807, 2.05) is 0 Å². The Morgan fingerprint density at radius 2 is 2.11 bits per heavy atom. The summed E-state index contributed by atoms with van der Waals surface area (Å²) in [4.78, 5) is 0. The molecule has 0 unspecified atom stereocenters. The first kappa shape index (κ1) is 12.0. The van der Waals surface area contributed by atoms with Gasteiger partial charge < -0.3 is 10.1 Å². The van der Waals surface area contributed by atoms with Crippen molar-refractivity contribution in [3.05, 3.63) is 29.3 Å². The molecule has 1 aliphatic heterocycles. The molecule has 1 saturated heterocycles. The Kier molecular flexibility index (Phi) is 3.84. The van der Waals surface area contributed by atoms with Crippen LogP contribution in [0.2, 0.25) is 0 Å². The summed E-state index contributed by atoms with van der Waals surface area (Å²) in [6.07, 6.45) is 7.67. The fraction of sp³-hybridized carbons (Fsp3) is 0.625. The van der Waals surface area contributed by atoms with Crippen LogP contribution in [-0.2, 0) is 12.8 Å². The fourth-order valence-electron chi connectivity index (χ4n) is 3.15. The minimum absolute atomic E-state index is 0.813. The van der Waals surface area contributed by atoms with E-state index in [-0.39, 0.29) is 0 Å². The third-order valence-electron chi connectivity index (χ3n) is 4.26. The quantitative estimate of drug-likeness (QED) is 0.880. The summed E-state index contributed by atoms with van der Waals surface area (Å²) in [5.74, 6) is 1.88. The number of hydrogen-bond donors (Lipinski definition) is 1. The molecule has 1 heterocycles. The lowest BCUT2D eigenvalue weighted by Crippen LogP contribution is -2.30. The fourth-order valence-corrected chi connectivity index (χ4v) is 3.15. The van der Waals surface area contributed by atoms with Crippen LogP contribution in [0, 0.1) is 5.92 Å². The molecule has 1 N–H and O–H groups in total. The third kappa shape index (κ3) is 2.86. The molecule has 1 fully saturated rings. The van der Waals surface area contributed by atoms with Crippen LogP contribution in [0.3, 0.4) is 0 Å². The van der Waals surface area contributed by atoms with E-state index in [0.29, 0.717) is 0 Å². The van der Waals surface area contributed by atoms with E-state index in [1.165, 1.54) is 62.7 Å². The van der Waals surface area contributed by atoms with Crippen molar-refractivity contribution in [1.29, 1.82) is 0 Å². The van der Waals surface area contributed by atoms with Crippen molar-refractivity contribution in [2.75, 3.05) is 19.7 Å². The van der Waals surface area contributed by atoms with E-state index >= 15 is 0 Å². The molecule has 2 nitrogen and oxygen atoms in total. The van der Waals surface area contributed by atoms with Gasteiger partial charge in [-0.15, -0.1) is 0 Å². The van der Waals surface area contributed by atoms with Crippen LogP contribution in [-0.4, -0.2) is 19.7 Å². The van der Waals surface area contributed by atoms with E-state index in [0.717, 1.165) is 18.3 Å². The highest BCUT2D eigenvalue weighted by atomic mass is 16.5. The van der Waals surface area contributed by atoms with Crippen LogP contribution < -0.4 is 10.1 Å². The Hall–Kier alpha value is -1.02. The Morgan fingerprint density at radius 1 is 1.17 bits per heavy atom. The molecule has 0 spiro atoms. The van der Waals surface area contributed by atoms with Crippen LogP contribution >= 0.6 is 0 Å². The first-order valence-electron chi connectivity index (χ1n) is 7.37. The number of nitrogens with one attached hydrogen (secondary N) is 1. The maximum absolute atomic E-state index is 5.91. The molecule has 2 aliphatic rings. The maximum Gasteiger partial charge on any atom is 0.119 e. The molecule has 1 aromatic carbocycles. The lowest BCUT2D eigenvalue weighted by Gasteiger charge is -2.22. The van der Waals surface area contributed by atoms with Gasteiger partial charge in [-0.2, -0.15) is 0 Å². The molecule has 1 atom stereocenters. The number of ether oxygens (including phenoxy) is 1. The maximum atomic E-state index is 5.91. The second-order valence-corrected chi connectivity index (χ2v) is 5.63. The van der Waals surface area contributed by atoms with Crippen molar-refractivity contribution >= 4 is 0 Å². The van der Waals surface area contributed by atoms with Crippen LogP contribution in [0.4, 0.5) is 0 Å². The summed E-state index contributed by atoms with van der Waals surface area (Å²) in [6.45, 7) is 3.24. The van der Waals surface area contributed by atoms with Gasteiger partial charge in [-0.25, -0.2) is 0 Å². The zero-order valence-corrected chi connectivity index (χ0v) is 11.1. The minimum atomic E-state index is 0.813. The predicted octanol–water partition coefficient (Wildman–Crippen LogP) is 2.94. The Balaban J connectivity index is 1.48. The molecule has 2 heteroatoms. The van der Waals surface area contributed by atoms with Crippen molar-refractivity contribution in [2.24, 2.45) is 5.92 Å². The zero-order valence-electron chi connectivity index (χ0n) is 11.1. The summed E-state index contributed by atoms with van der Waals surface area (Å²) < 4.78 is 5.91. The van der Waals surface area contributed by atoms with Gasteiger partial charge in [0, 0.05) is 0 Å². The first-order chi connectivity index (χ1) is 8.92. The predicted molar refractivity (Wildman–Crippen MR) is 74.2 cm³/mol. The summed E-state index contributed by atoms with van der Waals surface area (Å²) in [7, 11) is 0. The lowest BCUT2D eigenvalue weighted by atomic mass is 9.97. The standard InChI is InChI=1S/C16H23NO/c1-4-14-6-7-16(11-15(14)5-1)18-10-8-13-3-2-9-17-12-13/h6-7,11,13,17H,1-5,8-10,12H2/t13-/m0/s1. The molecule has 18 heavy (non-hydrogen) atoms. The molecule has 0 aromatic heterocycles. The second-order valence-electron chi connectivity index (χ2n) is 5.63. The summed E-state index contributed by atoms with van der Waals surface area (Å²) in [6, 6.07) is 6.64. The average molecular weight is 245 g/mol. The topological polar surface area (TPSA) is 21.3 Å². The monoisotopic (exact) mass is 245 g/mol. The largest absolute Gasteiger partial charge is 0.494 e. The van der Waals surface area contributed by atoms with E-state index in [4.69, 9.17) is 4.74 Å². The van der Waals surface area contributed by atoms with Gasteiger partial charge in [0.15, 0.2) is 0 Å². The van der Waals surface area contributed by atoms with Crippen LogP contribution in [0.1, 0.15) is 36.8 Å². The molecule has 0 radical (unpaired) electrons. The Bertz CT molecular complexity index is 396. The van der Waals surface area contributed by atoms with E-state index in [2.05, 4.69) is 23.5 Å². The lowest BCUT2D eigenvalue weighted by molar-refractivity contribution is 0.254. The molecule has 0 bridgehead atoms. The number of piperidine rings is 1. The number of rotatable bonds is 4. The van der Waals surface area contributed by atoms with Gasteiger partial charge in [0.2, 0.25) is 0 Å². The minimum Gasteiger partial charge on any atom is -0.494 e. The summed E-state index contributed by atoms with van der Waals surface area (Å²) >= 11 is 0. The Labute approximate surface area is 110 Å². The number of hydrogen-bond acceptors (Lipinski definition) is 2. The number of benzene rings is 1. The van der Waals surface area contributed by atoms with Crippen LogP contribution in [0.5, 0.6) is 5.75 Å². The van der Waals surface area contributed by atoms with Crippen molar-refractivity contribution in [2.45, 2.75) is 38.5 Å². The van der Waals surface area contributed by atoms with Gasteiger partial charge in [-0.05, 0) is 80.8 Å². The first-order valence-corrected chi connectivity index (χ1v) is 7.37. The highest BCUT2D eigenvalue weighted by molar-refractivity contribution is 5.38. The second kappa shape index (κ2) is 5.75. The van der Waals surface area contributed by atoms with E-state index < -0.39 is 0 Å². The SMILES string of the molecule is c1cc2c(cc1OCC[C@@H]1CCCNC1)CCC2. The van der Waals surface area contributed by atoms with Crippen LogP contribution in [0.25, 0.3) is 0 Å². The molecule has 1 aromatic rings. The van der Waals surface area contributed by atoms with Gasteiger partial charge in [0.1, 0.15) is 5.75 Å². The highest BCUT2D eigenvalue weighted by Gasteiger charge is 2.14. The van der Waals surface area contributed by atoms with Crippen molar-refractivity contribution < 1.29 is 4.74 Å². The molecule has 3 rings (SSSR count). The molecular weight excluding hydrogens is 222 g/mol. The van der Waals surface area contributed by atoms with Crippen LogP contribution in [0.15, 0.2) is 18.2 Å². The normalized spacial score (nSPS) is 22.8. The summed E-state index contributed by atoms with van der Waals surface area (Å²) in [5, 5.41) is 3.46. The molecular formula is C16H23NO. The van der Waals surface area contributed by atoms with E-state index in [1.54, 1.807) is 0 Å². The van der Waals surface area contributed by atoms with Gasteiger partial charge in [0.25, 0.3) is 0 Å². The number of fused-ring (bicyclic) bond motifs is 1. The summed E-state index contributed by atoms with van der Waals surface area (Å²) in [5.41, 5.74) is 3.03. The van der Waals surface area contributed by atoms with Crippen molar-refractivity contribution in [3.8, 4) is 5.75 Å². The van der Waals surface area contributed by atoms with Gasteiger partial charge in [0.05, 0.1) is 6.61 Å². The smallest absolute Gasteiger partial charge is 0.119 e. The van der Waals surface area contributed by atoms with Gasteiger partial charge in [-0.3, -0.25) is 0 Å². The molecule has 1 aliphatic carbocycles. The molecule has 98 valence electrons. The van der Waals surface area contributed by atoms with Crippen molar-refractivity contribution in [1.82, 2.24) is 5.32 Å². The highest BCUT2D eigenvalue weighted by Crippen LogP contribution is 2.26. The molecule has 0 amide bonds. The Morgan fingerprint density at radius 3 is 3.00 bits per heavy atom. The number of aryl methyl sites for hydroxylation is 2. The average Bonchev–Trinajstić information content (AvgIpc) is 2.87. The van der Waals surface area contributed by atoms with Gasteiger partial charge >= 0.3 is 0 Å². The molecule has 0 saturated carbocycles. The van der Waals surface area contributed by atoms with Crippen molar-refractivity contribution in [3.63, 3.8) is 0 Å². The van der Waals surface area contributed by atoms with E-state index in [9.17, 15) is 0 Å². The third-order valence-corrected chi connectivity index (χ3v) is 4.26. The zero-order chi connectivity index (χ0) is 12.2. The van der Waals surface area contributed by atoms with Gasteiger partial charge in [-0.1, -0.05) is 6.07 Å².